The van der Waals surface area contributed by atoms with E-state index in [-0.39, 0.29) is 11.1 Å². The van der Waals surface area contributed by atoms with E-state index in [4.69, 9.17) is 0 Å². The molecule has 0 heterocycles. The lowest BCUT2D eigenvalue weighted by molar-refractivity contribution is 0.0598. The molecule has 1 rings (SSSR count). The van der Waals surface area contributed by atoms with Crippen molar-refractivity contribution in [2.24, 2.45) is 0 Å². The first-order valence-corrected chi connectivity index (χ1v) is 3.85. The van der Waals surface area contributed by atoms with Crippen molar-refractivity contribution in [1.82, 2.24) is 0 Å². The minimum Gasteiger partial charge on any atom is -0.465 e. The fourth-order valence-electron chi connectivity index (χ4n) is 1.05. The lowest BCUT2D eigenvalue weighted by Crippen LogP contribution is -2.05. The molecule has 4 nitrogen and oxygen atoms in total. The number of rotatable bonds is 3. The van der Waals surface area contributed by atoms with Crippen molar-refractivity contribution in [1.29, 1.82) is 0 Å². The number of aldehydes is 2. The molecule has 0 aromatic heterocycles. The second-order valence-corrected chi connectivity index (χ2v) is 2.57. The second kappa shape index (κ2) is 4.32. The van der Waals surface area contributed by atoms with Gasteiger partial charge in [0.05, 0.1) is 12.7 Å². The Kier molecular flexibility index (Phi) is 3.12. The molecule has 0 aliphatic carbocycles. The zero-order chi connectivity index (χ0) is 10.6. The molecule has 0 aliphatic heterocycles. The van der Waals surface area contributed by atoms with Gasteiger partial charge in [0.25, 0.3) is 0 Å². The molecule has 0 aliphatic rings. The Bertz CT molecular complexity index is 382. The van der Waals surface area contributed by atoms with Gasteiger partial charge in [-0.05, 0) is 12.1 Å². The van der Waals surface area contributed by atoms with Crippen LogP contribution in [0.5, 0.6) is 0 Å². The highest BCUT2D eigenvalue weighted by Gasteiger charge is 2.11. The molecule has 0 unspecified atom stereocenters. The Morgan fingerprint density at radius 3 is 2.50 bits per heavy atom. The van der Waals surface area contributed by atoms with Gasteiger partial charge in [-0.1, -0.05) is 6.07 Å². The molecule has 72 valence electrons. The van der Waals surface area contributed by atoms with Crippen LogP contribution in [-0.2, 0) is 4.74 Å². The van der Waals surface area contributed by atoms with Crippen molar-refractivity contribution in [2.75, 3.05) is 7.11 Å². The number of hydrogen-bond donors (Lipinski definition) is 0. The Morgan fingerprint density at radius 2 is 2.00 bits per heavy atom. The second-order valence-electron chi connectivity index (χ2n) is 2.57. The molecule has 0 saturated heterocycles. The summed E-state index contributed by atoms with van der Waals surface area (Å²) in [6.07, 6.45) is 1.12. The van der Waals surface area contributed by atoms with Gasteiger partial charge >= 0.3 is 5.97 Å². The summed E-state index contributed by atoms with van der Waals surface area (Å²) < 4.78 is 4.47. The molecule has 0 N–H and O–H groups in total. The monoisotopic (exact) mass is 192 g/mol. The maximum atomic E-state index is 11.1. The highest BCUT2D eigenvalue weighted by atomic mass is 16.5. The van der Waals surface area contributed by atoms with Crippen LogP contribution >= 0.6 is 0 Å². The standard InChI is InChI=1S/C10H8O4/c1-14-10(13)9-3-2-7(5-11)4-8(9)6-12/h2-6H,1H3. The van der Waals surface area contributed by atoms with Crippen LogP contribution in [0.15, 0.2) is 18.2 Å². The minimum absolute atomic E-state index is 0.154. The van der Waals surface area contributed by atoms with E-state index in [9.17, 15) is 14.4 Å². The average molecular weight is 192 g/mol. The van der Waals surface area contributed by atoms with Crippen LogP contribution in [0.4, 0.5) is 0 Å². The van der Waals surface area contributed by atoms with Crippen LogP contribution in [0.3, 0.4) is 0 Å². The van der Waals surface area contributed by atoms with Gasteiger partial charge in [-0.15, -0.1) is 0 Å². The van der Waals surface area contributed by atoms with Gasteiger partial charge in [-0.25, -0.2) is 4.79 Å². The van der Waals surface area contributed by atoms with Crippen molar-refractivity contribution < 1.29 is 19.1 Å². The zero-order valence-corrected chi connectivity index (χ0v) is 7.52. The van der Waals surface area contributed by atoms with Crippen LogP contribution < -0.4 is 0 Å². The number of benzene rings is 1. The van der Waals surface area contributed by atoms with Gasteiger partial charge < -0.3 is 4.74 Å². The Hall–Kier alpha value is -1.97. The molecule has 14 heavy (non-hydrogen) atoms. The summed E-state index contributed by atoms with van der Waals surface area (Å²) in [6, 6.07) is 4.18. The van der Waals surface area contributed by atoms with E-state index in [2.05, 4.69) is 4.74 Å². The van der Waals surface area contributed by atoms with E-state index < -0.39 is 5.97 Å². The van der Waals surface area contributed by atoms with Crippen molar-refractivity contribution in [3.8, 4) is 0 Å². The molecular weight excluding hydrogens is 184 g/mol. The van der Waals surface area contributed by atoms with Crippen LogP contribution in [0.25, 0.3) is 0 Å². The van der Waals surface area contributed by atoms with Gasteiger partial charge in [0, 0.05) is 11.1 Å². The Morgan fingerprint density at radius 1 is 1.29 bits per heavy atom. The summed E-state index contributed by atoms with van der Waals surface area (Å²) in [5, 5.41) is 0. The maximum Gasteiger partial charge on any atom is 0.338 e. The summed E-state index contributed by atoms with van der Waals surface area (Å²) >= 11 is 0. The van der Waals surface area contributed by atoms with Gasteiger partial charge in [-0.3, -0.25) is 9.59 Å². The van der Waals surface area contributed by atoms with Gasteiger partial charge in [-0.2, -0.15) is 0 Å². The van der Waals surface area contributed by atoms with Crippen LogP contribution in [0, 0.1) is 0 Å². The molecule has 0 spiro atoms. The molecule has 4 heteroatoms. The minimum atomic E-state index is -0.593. The molecule has 0 atom stereocenters. The molecule has 0 amide bonds. The van der Waals surface area contributed by atoms with Gasteiger partial charge in [0.15, 0.2) is 6.29 Å². The number of carbonyl (C=O) groups is 3. The highest BCUT2D eigenvalue weighted by Crippen LogP contribution is 2.10. The highest BCUT2D eigenvalue weighted by molar-refractivity contribution is 5.99. The predicted octanol–water partition coefficient (Wildman–Crippen LogP) is 1.10. The SMILES string of the molecule is COC(=O)c1ccc(C=O)cc1C=O. The fourth-order valence-corrected chi connectivity index (χ4v) is 1.05. The summed E-state index contributed by atoms with van der Waals surface area (Å²) in [4.78, 5) is 32.1. The average Bonchev–Trinajstić information content (AvgIpc) is 2.27. The summed E-state index contributed by atoms with van der Waals surface area (Å²) in [6.45, 7) is 0. The van der Waals surface area contributed by atoms with E-state index in [1.54, 1.807) is 0 Å². The lowest BCUT2D eigenvalue weighted by Gasteiger charge is -2.02. The molecule has 1 aromatic rings. The van der Waals surface area contributed by atoms with E-state index in [1.807, 2.05) is 0 Å². The number of hydrogen-bond acceptors (Lipinski definition) is 4. The van der Waals surface area contributed by atoms with E-state index in [1.165, 1.54) is 25.3 Å². The third-order valence-corrected chi connectivity index (χ3v) is 1.74. The van der Waals surface area contributed by atoms with Crippen LogP contribution in [0.2, 0.25) is 0 Å². The summed E-state index contributed by atoms with van der Waals surface area (Å²) in [5.74, 6) is -0.593. The molecule has 0 bridgehead atoms. The Labute approximate surface area is 80.5 Å². The quantitative estimate of drug-likeness (QED) is 0.531. The smallest absolute Gasteiger partial charge is 0.338 e. The molecule has 1 aromatic carbocycles. The largest absolute Gasteiger partial charge is 0.465 e. The normalized spacial score (nSPS) is 9.21. The summed E-state index contributed by atoms with van der Waals surface area (Å²) in [7, 11) is 1.23. The fraction of sp³-hybridized carbons (Fsp3) is 0.100. The van der Waals surface area contributed by atoms with E-state index >= 15 is 0 Å². The molecular formula is C10H8O4. The molecule has 0 saturated carbocycles. The first kappa shape index (κ1) is 10.1. The first-order chi connectivity index (χ1) is 6.72. The maximum absolute atomic E-state index is 11.1. The topological polar surface area (TPSA) is 60.4 Å². The van der Waals surface area contributed by atoms with E-state index in [0.717, 1.165) is 0 Å². The van der Waals surface area contributed by atoms with Crippen LogP contribution in [0.1, 0.15) is 31.1 Å². The Balaban J connectivity index is 3.24. The summed E-state index contributed by atoms with van der Waals surface area (Å²) in [5.41, 5.74) is 0.661. The predicted molar refractivity (Wildman–Crippen MR) is 48.6 cm³/mol. The van der Waals surface area contributed by atoms with E-state index in [0.29, 0.717) is 18.1 Å². The first-order valence-electron chi connectivity index (χ1n) is 3.85. The lowest BCUT2D eigenvalue weighted by atomic mass is 10.1. The number of methoxy groups -OCH3 is 1. The third-order valence-electron chi connectivity index (χ3n) is 1.74. The third kappa shape index (κ3) is 1.85. The van der Waals surface area contributed by atoms with Crippen molar-refractivity contribution in [3.63, 3.8) is 0 Å². The van der Waals surface area contributed by atoms with Crippen LogP contribution in [-0.4, -0.2) is 25.7 Å². The van der Waals surface area contributed by atoms with Crippen molar-refractivity contribution in [3.05, 3.63) is 34.9 Å². The van der Waals surface area contributed by atoms with Gasteiger partial charge in [0.1, 0.15) is 6.29 Å². The molecule has 0 fully saturated rings. The number of carbonyl (C=O) groups excluding carboxylic acids is 3. The van der Waals surface area contributed by atoms with Crippen molar-refractivity contribution in [2.45, 2.75) is 0 Å². The number of esters is 1. The zero-order valence-electron chi connectivity index (χ0n) is 7.52. The van der Waals surface area contributed by atoms with Gasteiger partial charge in [0.2, 0.25) is 0 Å². The van der Waals surface area contributed by atoms with Crippen molar-refractivity contribution >= 4 is 18.5 Å². The number of ether oxygens (including phenoxy) is 1. The molecule has 0 radical (unpaired) electrons.